The fraction of sp³-hybridized carbons (Fsp3) is 0.190. The smallest absolute Gasteiger partial charge is 0.270 e. The van der Waals surface area contributed by atoms with E-state index >= 15 is 0 Å². The van der Waals surface area contributed by atoms with Crippen molar-refractivity contribution in [3.63, 3.8) is 0 Å². The van der Waals surface area contributed by atoms with Crippen molar-refractivity contribution < 1.29 is 14.3 Å². The van der Waals surface area contributed by atoms with Crippen molar-refractivity contribution >= 4 is 11.7 Å². The predicted molar refractivity (Wildman–Crippen MR) is 107 cm³/mol. The topological polar surface area (TPSA) is 85.4 Å². The lowest BCUT2D eigenvalue weighted by atomic mass is 10.2. The second-order valence-electron chi connectivity index (χ2n) is 6.00. The predicted octanol–water partition coefficient (Wildman–Crippen LogP) is 3.04. The van der Waals surface area contributed by atoms with Gasteiger partial charge < -0.3 is 20.1 Å². The van der Waals surface area contributed by atoms with Gasteiger partial charge in [-0.3, -0.25) is 4.79 Å². The van der Waals surface area contributed by atoms with E-state index in [1.54, 1.807) is 20.3 Å². The fourth-order valence-electron chi connectivity index (χ4n) is 2.63. The van der Waals surface area contributed by atoms with E-state index in [1.807, 2.05) is 48.5 Å². The van der Waals surface area contributed by atoms with Gasteiger partial charge in [0.05, 0.1) is 14.2 Å². The molecule has 0 fully saturated rings. The summed E-state index contributed by atoms with van der Waals surface area (Å²) < 4.78 is 10.6. The van der Waals surface area contributed by atoms with E-state index < -0.39 is 0 Å². The van der Waals surface area contributed by atoms with Crippen molar-refractivity contribution in [2.45, 2.75) is 13.1 Å². The van der Waals surface area contributed by atoms with E-state index in [9.17, 15) is 4.79 Å². The van der Waals surface area contributed by atoms with Gasteiger partial charge in [0.1, 0.15) is 17.8 Å². The van der Waals surface area contributed by atoms with Crippen LogP contribution in [0, 0.1) is 0 Å². The number of nitrogens with one attached hydrogen (secondary N) is 2. The maximum atomic E-state index is 12.3. The van der Waals surface area contributed by atoms with Gasteiger partial charge in [-0.2, -0.15) is 0 Å². The van der Waals surface area contributed by atoms with E-state index in [2.05, 4.69) is 20.6 Å². The van der Waals surface area contributed by atoms with E-state index in [0.29, 0.717) is 36.1 Å². The molecule has 3 aromatic rings. The molecule has 0 saturated heterocycles. The first-order valence-electron chi connectivity index (χ1n) is 8.78. The average molecular weight is 378 g/mol. The van der Waals surface area contributed by atoms with Crippen LogP contribution in [-0.2, 0) is 13.1 Å². The van der Waals surface area contributed by atoms with Crippen LogP contribution in [-0.4, -0.2) is 30.1 Å². The number of hydrogen-bond donors (Lipinski definition) is 2. The number of carbonyl (C=O) groups is 1. The first-order valence-corrected chi connectivity index (χ1v) is 8.78. The summed E-state index contributed by atoms with van der Waals surface area (Å²) in [7, 11) is 3.20. The van der Waals surface area contributed by atoms with Gasteiger partial charge >= 0.3 is 0 Å². The summed E-state index contributed by atoms with van der Waals surface area (Å²) in [6.07, 6.45) is 1.37. The summed E-state index contributed by atoms with van der Waals surface area (Å²) in [5.74, 6) is 1.64. The van der Waals surface area contributed by atoms with Crippen molar-refractivity contribution in [1.82, 2.24) is 15.3 Å². The summed E-state index contributed by atoms with van der Waals surface area (Å²) in [6, 6.07) is 17.0. The largest absolute Gasteiger partial charge is 0.493 e. The minimum absolute atomic E-state index is 0.250. The van der Waals surface area contributed by atoms with Gasteiger partial charge in [-0.1, -0.05) is 36.4 Å². The Morgan fingerprint density at radius 1 is 0.893 bits per heavy atom. The minimum Gasteiger partial charge on any atom is -0.493 e. The molecule has 0 unspecified atom stereocenters. The van der Waals surface area contributed by atoms with Crippen LogP contribution in [0.25, 0.3) is 0 Å². The van der Waals surface area contributed by atoms with Gasteiger partial charge in [0.15, 0.2) is 11.5 Å². The molecular weight excluding hydrogens is 356 g/mol. The zero-order valence-electron chi connectivity index (χ0n) is 15.8. The highest BCUT2D eigenvalue weighted by Crippen LogP contribution is 2.27. The van der Waals surface area contributed by atoms with E-state index in [-0.39, 0.29) is 5.91 Å². The molecule has 0 saturated carbocycles. The summed E-state index contributed by atoms with van der Waals surface area (Å²) in [6.45, 7) is 0.959. The van der Waals surface area contributed by atoms with Crippen LogP contribution in [0.4, 0.5) is 5.82 Å². The van der Waals surface area contributed by atoms with Crippen molar-refractivity contribution in [2.75, 3.05) is 19.5 Å². The Labute approximate surface area is 163 Å². The van der Waals surface area contributed by atoms with Crippen LogP contribution in [0.2, 0.25) is 0 Å². The molecule has 144 valence electrons. The van der Waals surface area contributed by atoms with Crippen LogP contribution in [0.3, 0.4) is 0 Å². The van der Waals surface area contributed by atoms with Gasteiger partial charge in [-0.15, -0.1) is 0 Å². The summed E-state index contributed by atoms with van der Waals surface area (Å²) >= 11 is 0. The molecule has 28 heavy (non-hydrogen) atoms. The SMILES string of the molecule is COc1ccc(CNc2cc(C(=O)NCc3ccccc3)ncn2)cc1OC. The normalized spacial score (nSPS) is 10.2. The lowest BCUT2D eigenvalue weighted by Crippen LogP contribution is -2.24. The molecule has 0 atom stereocenters. The number of amides is 1. The minimum atomic E-state index is -0.250. The summed E-state index contributed by atoms with van der Waals surface area (Å²) in [4.78, 5) is 20.6. The van der Waals surface area contributed by atoms with Crippen molar-refractivity contribution in [3.05, 3.63) is 77.7 Å². The molecule has 3 rings (SSSR count). The molecule has 0 radical (unpaired) electrons. The van der Waals surface area contributed by atoms with Crippen molar-refractivity contribution in [1.29, 1.82) is 0 Å². The molecule has 7 nitrogen and oxygen atoms in total. The second-order valence-corrected chi connectivity index (χ2v) is 6.00. The Hall–Kier alpha value is -3.61. The standard InChI is InChI=1S/C21H22N4O3/c1-27-18-9-8-16(10-19(18)28-2)13-22-20-11-17(24-14-25-20)21(26)23-12-15-6-4-3-5-7-15/h3-11,14H,12-13H2,1-2H3,(H,23,26)(H,22,24,25). The zero-order chi connectivity index (χ0) is 19.8. The van der Waals surface area contributed by atoms with Gasteiger partial charge in [-0.05, 0) is 23.3 Å². The third kappa shape index (κ3) is 4.97. The lowest BCUT2D eigenvalue weighted by Gasteiger charge is -2.11. The van der Waals surface area contributed by atoms with Crippen LogP contribution in [0.15, 0.2) is 60.9 Å². The Balaban J connectivity index is 1.61. The molecule has 0 aliphatic carbocycles. The Kier molecular flexibility index (Phi) is 6.41. The lowest BCUT2D eigenvalue weighted by molar-refractivity contribution is 0.0946. The maximum absolute atomic E-state index is 12.3. The quantitative estimate of drug-likeness (QED) is 0.627. The molecule has 0 bridgehead atoms. The number of benzene rings is 2. The molecule has 1 heterocycles. The van der Waals surface area contributed by atoms with Crippen LogP contribution in [0.1, 0.15) is 21.6 Å². The molecule has 2 N–H and O–H groups in total. The van der Waals surface area contributed by atoms with E-state index in [4.69, 9.17) is 9.47 Å². The van der Waals surface area contributed by atoms with Crippen molar-refractivity contribution in [3.8, 4) is 11.5 Å². The molecule has 2 aromatic carbocycles. The Bertz CT molecular complexity index is 932. The highest BCUT2D eigenvalue weighted by atomic mass is 16.5. The summed E-state index contributed by atoms with van der Waals surface area (Å²) in [5, 5.41) is 6.05. The van der Waals surface area contributed by atoms with E-state index in [0.717, 1.165) is 11.1 Å². The Morgan fingerprint density at radius 3 is 2.43 bits per heavy atom. The molecule has 0 spiro atoms. The first-order chi connectivity index (χ1) is 13.7. The van der Waals surface area contributed by atoms with E-state index in [1.165, 1.54) is 6.33 Å². The number of ether oxygens (including phenoxy) is 2. The molecule has 7 heteroatoms. The number of aromatic nitrogens is 2. The number of nitrogens with zero attached hydrogens (tertiary/aromatic N) is 2. The Morgan fingerprint density at radius 2 is 1.68 bits per heavy atom. The number of anilines is 1. The molecule has 1 aromatic heterocycles. The average Bonchev–Trinajstić information content (AvgIpc) is 2.76. The monoisotopic (exact) mass is 378 g/mol. The molecule has 1 amide bonds. The number of rotatable bonds is 8. The zero-order valence-corrected chi connectivity index (χ0v) is 15.8. The van der Waals surface area contributed by atoms with Crippen LogP contribution in [0.5, 0.6) is 11.5 Å². The van der Waals surface area contributed by atoms with Gasteiger partial charge in [0, 0.05) is 19.2 Å². The number of hydrogen-bond acceptors (Lipinski definition) is 6. The van der Waals surface area contributed by atoms with Crippen molar-refractivity contribution in [2.24, 2.45) is 0 Å². The summed E-state index contributed by atoms with van der Waals surface area (Å²) in [5.41, 5.74) is 2.32. The molecular formula is C21H22N4O3. The highest BCUT2D eigenvalue weighted by Gasteiger charge is 2.09. The highest BCUT2D eigenvalue weighted by molar-refractivity contribution is 5.92. The van der Waals surface area contributed by atoms with Gasteiger partial charge in [0.2, 0.25) is 0 Å². The second kappa shape index (κ2) is 9.36. The third-order valence-corrected chi connectivity index (χ3v) is 4.12. The molecule has 0 aliphatic rings. The van der Waals surface area contributed by atoms with Crippen LogP contribution < -0.4 is 20.1 Å². The third-order valence-electron chi connectivity index (χ3n) is 4.12. The number of methoxy groups -OCH3 is 2. The maximum Gasteiger partial charge on any atom is 0.270 e. The number of carbonyl (C=O) groups excluding carboxylic acids is 1. The van der Waals surface area contributed by atoms with Gasteiger partial charge in [0.25, 0.3) is 5.91 Å². The fourth-order valence-corrected chi connectivity index (χ4v) is 2.63. The molecule has 0 aliphatic heterocycles. The van der Waals surface area contributed by atoms with Gasteiger partial charge in [-0.25, -0.2) is 9.97 Å². The first kappa shape index (κ1) is 19.2. The van der Waals surface area contributed by atoms with Crippen LogP contribution >= 0.6 is 0 Å².